The molecule has 0 aromatic carbocycles. The van der Waals surface area contributed by atoms with Crippen molar-refractivity contribution in [2.75, 3.05) is 6.79 Å². The maximum atomic E-state index is 10.2. The van der Waals surface area contributed by atoms with Crippen molar-refractivity contribution >= 4 is 6.08 Å². The van der Waals surface area contributed by atoms with Crippen LogP contribution >= 0.6 is 0 Å². The lowest BCUT2D eigenvalue weighted by atomic mass is 9.86. The van der Waals surface area contributed by atoms with E-state index in [1.807, 2.05) is 6.92 Å². The van der Waals surface area contributed by atoms with Crippen molar-refractivity contribution < 1.29 is 14.3 Å². The van der Waals surface area contributed by atoms with Crippen molar-refractivity contribution in [1.29, 1.82) is 0 Å². The topological polar surface area (TPSA) is 47.9 Å². The first-order valence-electron chi connectivity index (χ1n) is 4.30. The van der Waals surface area contributed by atoms with E-state index in [1.54, 1.807) is 6.08 Å². The molecule has 1 atom stereocenters. The van der Waals surface area contributed by atoms with Gasteiger partial charge in [0.2, 0.25) is 12.9 Å². The van der Waals surface area contributed by atoms with Gasteiger partial charge in [0.1, 0.15) is 11.5 Å². The molecule has 0 saturated carbocycles. The summed E-state index contributed by atoms with van der Waals surface area (Å²) >= 11 is 0. The molecular weight excluding hydrogens is 170 g/mol. The van der Waals surface area contributed by atoms with Crippen molar-refractivity contribution in [3.05, 3.63) is 11.5 Å². The van der Waals surface area contributed by atoms with Crippen LogP contribution in [0.25, 0.3) is 0 Å². The molecule has 4 nitrogen and oxygen atoms in total. The predicted octanol–water partition coefficient (Wildman–Crippen LogP) is 1.48. The molecule has 2 rings (SSSR count). The lowest BCUT2D eigenvalue weighted by Gasteiger charge is -2.26. The zero-order valence-corrected chi connectivity index (χ0v) is 7.50. The Balaban J connectivity index is 2.19. The Morgan fingerprint density at radius 2 is 2.23 bits per heavy atom. The Morgan fingerprint density at radius 3 is 3.00 bits per heavy atom. The molecule has 1 aliphatic carbocycles. The molecule has 2 aliphatic rings. The van der Waals surface area contributed by atoms with Gasteiger partial charge in [-0.2, -0.15) is 4.99 Å². The number of hydrogen-bond donors (Lipinski definition) is 0. The third-order valence-electron chi connectivity index (χ3n) is 2.52. The molecule has 0 unspecified atom stereocenters. The number of rotatable bonds is 1. The Labute approximate surface area is 76.2 Å². The Kier molecular flexibility index (Phi) is 1.85. The molecule has 1 aliphatic heterocycles. The lowest BCUT2D eigenvalue weighted by molar-refractivity contribution is 0.0688. The van der Waals surface area contributed by atoms with Crippen LogP contribution in [-0.2, 0) is 14.3 Å². The number of aliphatic imine (C=N–C) groups is 1. The molecular formula is C9H11NO3. The second-order valence-electron chi connectivity index (χ2n) is 3.63. The highest BCUT2D eigenvalue weighted by Gasteiger charge is 2.35. The molecule has 0 aromatic heterocycles. The molecule has 0 fully saturated rings. The Hall–Kier alpha value is -1.28. The summed E-state index contributed by atoms with van der Waals surface area (Å²) in [5.41, 5.74) is -0.339. The first kappa shape index (κ1) is 8.32. The molecule has 0 saturated heterocycles. The summed E-state index contributed by atoms with van der Waals surface area (Å²) in [7, 11) is 0. The van der Waals surface area contributed by atoms with Gasteiger partial charge in [-0.15, -0.1) is 0 Å². The van der Waals surface area contributed by atoms with E-state index in [0.717, 1.165) is 24.4 Å². The summed E-state index contributed by atoms with van der Waals surface area (Å²) in [4.78, 5) is 14.0. The average molecular weight is 181 g/mol. The van der Waals surface area contributed by atoms with E-state index in [-0.39, 0.29) is 5.54 Å². The minimum absolute atomic E-state index is 0.311. The van der Waals surface area contributed by atoms with Gasteiger partial charge in [0.15, 0.2) is 0 Å². The van der Waals surface area contributed by atoms with Gasteiger partial charge in [0.25, 0.3) is 0 Å². The summed E-state index contributed by atoms with van der Waals surface area (Å²) in [5, 5.41) is 0. The molecule has 0 bridgehead atoms. The van der Waals surface area contributed by atoms with E-state index in [4.69, 9.17) is 9.47 Å². The SMILES string of the molecule is C[C@@]1(N=C=O)CCC2=C(C1)OCO2. The fourth-order valence-electron chi connectivity index (χ4n) is 1.72. The predicted molar refractivity (Wildman–Crippen MR) is 44.4 cm³/mol. The van der Waals surface area contributed by atoms with Crippen LogP contribution in [-0.4, -0.2) is 18.4 Å². The van der Waals surface area contributed by atoms with Crippen LogP contribution in [0.1, 0.15) is 26.2 Å². The first-order valence-corrected chi connectivity index (χ1v) is 4.30. The molecule has 0 amide bonds. The van der Waals surface area contributed by atoms with E-state index in [0.29, 0.717) is 13.2 Å². The van der Waals surface area contributed by atoms with Crippen LogP contribution in [0.3, 0.4) is 0 Å². The molecule has 0 radical (unpaired) electrons. The minimum atomic E-state index is -0.339. The maximum absolute atomic E-state index is 10.2. The number of carbonyl (C=O) groups excluding carboxylic acids is 1. The number of isocyanates is 1. The smallest absolute Gasteiger partial charge is 0.235 e. The van der Waals surface area contributed by atoms with Crippen molar-refractivity contribution in [1.82, 2.24) is 0 Å². The Morgan fingerprint density at radius 1 is 1.46 bits per heavy atom. The largest absolute Gasteiger partial charge is 0.458 e. The highest BCUT2D eigenvalue weighted by molar-refractivity contribution is 5.35. The molecule has 0 aromatic rings. The van der Waals surface area contributed by atoms with E-state index in [1.165, 1.54) is 0 Å². The van der Waals surface area contributed by atoms with Crippen LogP contribution < -0.4 is 0 Å². The molecule has 1 heterocycles. The third kappa shape index (κ3) is 1.45. The number of ether oxygens (including phenoxy) is 2. The van der Waals surface area contributed by atoms with Gasteiger partial charge in [0, 0.05) is 12.8 Å². The highest BCUT2D eigenvalue weighted by atomic mass is 16.7. The van der Waals surface area contributed by atoms with Crippen LogP contribution in [0.15, 0.2) is 16.5 Å². The van der Waals surface area contributed by atoms with E-state index in [2.05, 4.69) is 4.99 Å². The summed E-state index contributed by atoms with van der Waals surface area (Å²) < 4.78 is 10.5. The zero-order valence-electron chi connectivity index (χ0n) is 7.50. The number of nitrogens with zero attached hydrogens (tertiary/aromatic N) is 1. The molecule has 4 heteroatoms. The molecule has 70 valence electrons. The van der Waals surface area contributed by atoms with Gasteiger partial charge in [-0.3, -0.25) is 0 Å². The summed E-state index contributed by atoms with van der Waals surface area (Å²) in [6.45, 7) is 2.24. The van der Waals surface area contributed by atoms with Gasteiger partial charge in [-0.05, 0) is 13.3 Å². The summed E-state index contributed by atoms with van der Waals surface area (Å²) in [6.07, 6.45) is 3.89. The van der Waals surface area contributed by atoms with Crippen molar-refractivity contribution in [2.24, 2.45) is 4.99 Å². The molecule has 0 spiro atoms. The van der Waals surface area contributed by atoms with Crippen molar-refractivity contribution in [3.8, 4) is 0 Å². The standard InChI is InChI=1S/C9H11NO3/c1-9(10-5-11)3-2-7-8(4-9)13-6-12-7/h2-4,6H2,1H3/t9-/m1/s1. The molecule has 13 heavy (non-hydrogen) atoms. The maximum Gasteiger partial charge on any atom is 0.235 e. The lowest BCUT2D eigenvalue weighted by Crippen LogP contribution is -2.26. The summed E-state index contributed by atoms with van der Waals surface area (Å²) in [6, 6.07) is 0. The van der Waals surface area contributed by atoms with Crippen molar-refractivity contribution in [3.63, 3.8) is 0 Å². The fraction of sp³-hybridized carbons (Fsp3) is 0.667. The van der Waals surface area contributed by atoms with Gasteiger partial charge >= 0.3 is 0 Å². The summed E-state index contributed by atoms with van der Waals surface area (Å²) in [5.74, 6) is 1.78. The van der Waals surface area contributed by atoms with E-state index in [9.17, 15) is 4.79 Å². The van der Waals surface area contributed by atoms with Crippen LogP contribution in [0.5, 0.6) is 0 Å². The molecule has 0 N–H and O–H groups in total. The van der Waals surface area contributed by atoms with E-state index >= 15 is 0 Å². The highest BCUT2D eigenvalue weighted by Crippen LogP contribution is 2.38. The minimum Gasteiger partial charge on any atom is -0.458 e. The second kappa shape index (κ2) is 2.89. The van der Waals surface area contributed by atoms with Crippen LogP contribution in [0.2, 0.25) is 0 Å². The van der Waals surface area contributed by atoms with Gasteiger partial charge in [-0.1, -0.05) is 0 Å². The van der Waals surface area contributed by atoms with Gasteiger partial charge in [-0.25, -0.2) is 4.79 Å². The van der Waals surface area contributed by atoms with Crippen LogP contribution in [0, 0.1) is 0 Å². The normalized spacial score (nSPS) is 31.5. The van der Waals surface area contributed by atoms with Crippen molar-refractivity contribution in [2.45, 2.75) is 31.7 Å². The quantitative estimate of drug-likeness (QED) is 0.454. The first-order chi connectivity index (χ1) is 6.23. The fourth-order valence-corrected chi connectivity index (χ4v) is 1.72. The monoisotopic (exact) mass is 181 g/mol. The second-order valence-corrected chi connectivity index (χ2v) is 3.63. The van der Waals surface area contributed by atoms with Gasteiger partial charge in [0.05, 0.1) is 5.54 Å². The Bertz CT molecular complexity index is 304. The number of hydrogen-bond acceptors (Lipinski definition) is 4. The van der Waals surface area contributed by atoms with E-state index < -0.39 is 0 Å². The van der Waals surface area contributed by atoms with Crippen LogP contribution in [0.4, 0.5) is 0 Å². The third-order valence-corrected chi connectivity index (χ3v) is 2.52. The average Bonchev–Trinajstić information content (AvgIpc) is 2.50. The zero-order chi connectivity index (χ0) is 9.31. The number of allylic oxidation sites excluding steroid dienone is 1. The van der Waals surface area contributed by atoms with Gasteiger partial charge < -0.3 is 9.47 Å².